The normalized spacial score (nSPS) is 16.2. The number of hydrogen-bond acceptors (Lipinski definition) is 7. The van der Waals surface area contributed by atoms with Gasteiger partial charge in [0.05, 0.1) is 17.3 Å². The number of pyridine rings is 2. The molecule has 1 aliphatic carbocycles. The van der Waals surface area contributed by atoms with E-state index in [-0.39, 0.29) is 11.9 Å². The minimum atomic E-state index is -1.32. The number of benzene rings is 1. The van der Waals surface area contributed by atoms with Crippen LogP contribution in [0.15, 0.2) is 61.1 Å². The molecule has 0 saturated carbocycles. The Morgan fingerprint density at radius 2 is 1.97 bits per heavy atom. The summed E-state index contributed by atoms with van der Waals surface area (Å²) in [5.74, 6) is 1.06. The molecule has 5 aromatic rings. The lowest BCUT2D eigenvalue weighted by Crippen LogP contribution is -2.40. The van der Waals surface area contributed by atoms with Crippen molar-refractivity contribution in [3.8, 4) is 22.9 Å². The van der Waals surface area contributed by atoms with Crippen LogP contribution in [0.3, 0.4) is 0 Å². The first kappa shape index (κ1) is 24.5. The van der Waals surface area contributed by atoms with Gasteiger partial charge in [-0.1, -0.05) is 0 Å². The molecule has 194 valence electrons. The van der Waals surface area contributed by atoms with E-state index in [1.807, 2.05) is 55.7 Å². The van der Waals surface area contributed by atoms with Crippen LogP contribution in [0.4, 0.5) is 10.2 Å². The van der Waals surface area contributed by atoms with Gasteiger partial charge in [-0.3, -0.25) is 4.57 Å². The highest BCUT2D eigenvalue weighted by Crippen LogP contribution is 2.38. The second kappa shape index (κ2) is 9.19. The molecular formula is C27H27FN8OS. The second-order valence-electron chi connectivity index (χ2n) is 10.3. The van der Waals surface area contributed by atoms with Crippen molar-refractivity contribution in [1.82, 2.24) is 34.0 Å². The van der Waals surface area contributed by atoms with Gasteiger partial charge < -0.3 is 10.3 Å². The molecule has 1 aliphatic rings. The molecule has 3 N–H and O–H groups in total. The lowest BCUT2D eigenvalue weighted by atomic mass is 10.1. The number of hydrogen-bond donors (Lipinski definition) is 2. The average Bonchev–Trinajstić information content (AvgIpc) is 3.62. The fourth-order valence-electron chi connectivity index (χ4n) is 4.76. The van der Waals surface area contributed by atoms with Gasteiger partial charge in [0.1, 0.15) is 21.9 Å². The standard InChI is InChI=1S/C27H27FN8OS/c1-27(2,3)38(37)34-20-8-7-16-14-17(15-19(28)23(16)20)36-25(18-6-4-11-30-24(18)29)32-21-9-10-22(33-26(21)36)35-13-5-12-31-35/h4-6,9-15,20,34H,7-8H2,1-3H3,(H2,29,30)/t20-,38-/m0/s1. The molecule has 0 spiro atoms. The molecule has 0 fully saturated rings. The summed E-state index contributed by atoms with van der Waals surface area (Å²) in [6, 6.07) is 12.2. The van der Waals surface area contributed by atoms with E-state index in [9.17, 15) is 4.55 Å². The van der Waals surface area contributed by atoms with Gasteiger partial charge in [-0.05, 0) is 81.6 Å². The Morgan fingerprint density at radius 3 is 2.71 bits per heavy atom. The van der Waals surface area contributed by atoms with Crippen molar-refractivity contribution in [3.63, 3.8) is 0 Å². The minimum Gasteiger partial charge on any atom is -0.598 e. The smallest absolute Gasteiger partial charge is 0.167 e. The van der Waals surface area contributed by atoms with Crippen molar-refractivity contribution in [2.75, 3.05) is 5.73 Å². The molecule has 4 heterocycles. The predicted molar refractivity (Wildman–Crippen MR) is 146 cm³/mol. The number of nitrogens with two attached hydrogens (primary N) is 1. The third kappa shape index (κ3) is 4.22. The summed E-state index contributed by atoms with van der Waals surface area (Å²) in [5.41, 5.74) is 10.0. The van der Waals surface area contributed by atoms with Crippen LogP contribution in [0.5, 0.6) is 0 Å². The Kier molecular flexibility index (Phi) is 5.93. The lowest BCUT2D eigenvalue weighted by molar-refractivity contribution is 0.512. The Hall–Kier alpha value is -3.80. The van der Waals surface area contributed by atoms with Crippen molar-refractivity contribution in [3.05, 3.63) is 78.0 Å². The highest BCUT2D eigenvalue weighted by molar-refractivity contribution is 7.90. The fourth-order valence-corrected chi connectivity index (χ4v) is 5.61. The van der Waals surface area contributed by atoms with Gasteiger partial charge in [-0.25, -0.2) is 24.0 Å². The molecule has 38 heavy (non-hydrogen) atoms. The molecule has 0 saturated heterocycles. The highest BCUT2D eigenvalue weighted by atomic mass is 32.2. The van der Waals surface area contributed by atoms with Gasteiger partial charge in [-0.2, -0.15) is 5.10 Å². The monoisotopic (exact) mass is 530 g/mol. The molecule has 4 aromatic heterocycles. The number of imidazole rings is 1. The zero-order valence-corrected chi connectivity index (χ0v) is 22.0. The molecule has 1 aromatic carbocycles. The van der Waals surface area contributed by atoms with E-state index in [4.69, 9.17) is 15.7 Å². The van der Waals surface area contributed by atoms with Crippen LogP contribution in [0.2, 0.25) is 0 Å². The number of halogens is 1. The maximum atomic E-state index is 15.8. The SMILES string of the molecule is CC(C)(C)[S@+]([O-])N[C@H]1CCc2cc(-n3c(-c4cccnc4N)nc4ccc(-n5cccn5)nc43)cc(F)c21. The summed E-state index contributed by atoms with van der Waals surface area (Å²) in [6.45, 7) is 5.68. The van der Waals surface area contributed by atoms with E-state index in [1.54, 1.807) is 29.3 Å². The summed E-state index contributed by atoms with van der Waals surface area (Å²) in [4.78, 5) is 13.9. The molecule has 0 radical (unpaired) electrons. The largest absolute Gasteiger partial charge is 0.598 e. The Balaban J connectivity index is 1.52. The molecule has 0 amide bonds. The fraction of sp³-hybridized carbons (Fsp3) is 0.259. The molecule has 2 atom stereocenters. The number of nitrogens with zero attached hydrogens (tertiary/aromatic N) is 6. The summed E-state index contributed by atoms with van der Waals surface area (Å²) in [5, 5.41) is 4.29. The number of aromatic nitrogens is 6. The van der Waals surface area contributed by atoms with Crippen molar-refractivity contribution >= 4 is 28.3 Å². The summed E-state index contributed by atoms with van der Waals surface area (Å²) < 4.78 is 34.7. The summed E-state index contributed by atoms with van der Waals surface area (Å²) >= 11 is -1.32. The van der Waals surface area contributed by atoms with E-state index in [1.165, 1.54) is 6.07 Å². The summed E-state index contributed by atoms with van der Waals surface area (Å²) in [7, 11) is 0. The molecule has 6 rings (SSSR count). The van der Waals surface area contributed by atoms with Gasteiger partial charge in [0.25, 0.3) is 0 Å². The molecule has 11 heteroatoms. The number of anilines is 1. The van der Waals surface area contributed by atoms with Crippen LogP contribution in [-0.2, 0) is 17.8 Å². The number of nitrogens with one attached hydrogen (secondary N) is 1. The van der Waals surface area contributed by atoms with Crippen molar-refractivity contribution < 1.29 is 8.94 Å². The predicted octanol–water partition coefficient (Wildman–Crippen LogP) is 4.43. The molecule has 0 unspecified atom stereocenters. The Morgan fingerprint density at radius 1 is 1.13 bits per heavy atom. The maximum Gasteiger partial charge on any atom is 0.167 e. The third-order valence-electron chi connectivity index (χ3n) is 6.62. The summed E-state index contributed by atoms with van der Waals surface area (Å²) in [6.07, 6.45) is 6.41. The topological polar surface area (TPSA) is 123 Å². The van der Waals surface area contributed by atoms with Crippen LogP contribution in [0.1, 0.15) is 44.4 Å². The van der Waals surface area contributed by atoms with E-state index in [2.05, 4.69) is 14.8 Å². The van der Waals surface area contributed by atoms with Gasteiger partial charge >= 0.3 is 0 Å². The number of nitrogen functional groups attached to an aromatic ring is 1. The Labute approximate surface area is 222 Å². The lowest BCUT2D eigenvalue weighted by Gasteiger charge is -2.26. The first-order chi connectivity index (χ1) is 18.2. The number of aryl methyl sites for hydroxylation is 1. The van der Waals surface area contributed by atoms with Crippen molar-refractivity contribution in [2.45, 2.75) is 44.4 Å². The highest BCUT2D eigenvalue weighted by Gasteiger charge is 2.35. The minimum absolute atomic E-state index is 0.312. The number of rotatable bonds is 5. The van der Waals surface area contributed by atoms with Crippen molar-refractivity contribution in [2.24, 2.45) is 0 Å². The first-order valence-electron chi connectivity index (χ1n) is 12.3. The van der Waals surface area contributed by atoms with Gasteiger partial charge in [-0.15, -0.1) is 4.72 Å². The molecule has 9 nitrogen and oxygen atoms in total. The zero-order chi connectivity index (χ0) is 26.6. The molecule has 0 aliphatic heterocycles. The van der Waals surface area contributed by atoms with Crippen LogP contribution in [0, 0.1) is 5.82 Å². The first-order valence-corrected chi connectivity index (χ1v) is 13.5. The average molecular weight is 531 g/mol. The van der Waals surface area contributed by atoms with E-state index >= 15 is 4.39 Å². The third-order valence-corrected chi connectivity index (χ3v) is 8.23. The maximum absolute atomic E-state index is 15.8. The van der Waals surface area contributed by atoms with Gasteiger partial charge in [0.2, 0.25) is 0 Å². The molecular weight excluding hydrogens is 503 g/mol. The number of fused-ring (bicyclic) bond motifs is 2. The van der Waals surface area contributed by atoms with Crippen LogP contribution in [-0.4, -0.2) is 38.6 Å². The zero-order valence-electron chi connectivity index (χ0n) is 21.2. The van der Waals surface area contributed by atoms with Gasteiger partial charge in [0.15, 0.2) is 17.3 Å². The van der Waals surface area contributed by atoms with E-state index in [0.29, 0.717) is 58.3 Å². The van der Waals surface area contributed by atoms with Crippen LogP contribution >= 0.6 is 0 Å². The van der Waals surface area contributed by atoms with Crippen molar-refractivity contribution in [1.29, 1.82) is 0 Å². The van der Waals surface area contributed by atoms with Crippen LogP contribution in [0.25, 0.3) is 34.1 Å². The van der Waals surface area contributed by atoms with E-state index in [0.717, 1.165) is 5.56 Å². The van der Waals surface area contributed by atoms with E-state index < -0.39 is 16.1 Å². The van der Waals surface area contributed by atoms with Crippen LogP contribution < -0.4 is 10.5 Å². The Bertz CT molecular complexity index is 1640. The van der Waals surface area contributed by atoms with Gasteiger partial charge in [0, 0.05) is 35.5 Å². The quantitative estimate of drug-likeness (QED) is 0.322. The molecule has 0 bridgehead atoms. The second-order valence-corrected chi connectivity index (χ2v) is 12.3.